The molecule has 0 fully saturated rings. The van der Waals surface area contributed by atoms with Gasteiger partial charge in [-0.05, 0) is 6.26 Å². The molecule has 0 aliphatic heterocycles. The molecule has 102 valence electrons. The minimum atomic E-state index is -0.527. The third kappa shape index (κ3) is 2.82. The molecule has 0 saturated carbocycles. The Kier molecular flexibility index (Phi) is 3.96. The van der Waals surface area contributed by atoms with Crippen molar-refractivity contribution in [1.29, 1.82) is 0 Å². The van der Waals surface area contributed by atoms with E-state index in [1.165, 1.54) is 23.1 Å². The number of aromatic nitrogens is 2. The maximum absolute atomic E-state index is 11.3. The summed E-state index contributed by atoms with van der Waals surface area (Å²) < 4.78 is 4.87. The topological polar surface area (TPSA) is 120 Å². The molecule has 2 aromatic rings. The van der Waals surface area contributed by atoms with Gasteiger partial charge in [0.05, 0.1) is 17.1 Å². The predicted octanol–water partition coefficient (Wildman–Crippen LogP) is 1.45. The molecule has 0 unspecified atom stereocenters. The van der Waals surface area contributed by atoms with E-state index in [2.05, 4.69) is 15.5 Å². The fraction of sp³-hybridized carbons (Fsp3) is 0.300. The number of amides is 1. The second kappa shape index (κ2) is 5.49. The molecule has 19 heavy (non-hydrogen) atoms. The Bertz CT molecular complexity index is 607. The highest BCUT2D eigenvalue weighted by molar-refractivity contribution is 7.99. The van der Waals surface area contributed by atoms with Gasteiger partial charge in [-0.3, -0.25) is 4.79 Å². The molecular weight excluding hydrogens is 286 g/mol. The van der Waals surface area contributed by atoms with Gasteiger partial charge in [-0.25, -0.2) is 0 Å². The zero-order valence-electron chi connectivity index (χ0n) is 10.4. The molecule has 7 nitrogen and oxygen atoms in total. The summed E-state index contributed by atoms with van der Waals surface area (Å²) >= 11 is 2.68. The Hall–Kier alpha value is -1.74. The fourth-order valence-electron chi connectivity index (χ4n) is 1.50. The first-order chi connectivity index (χ1) is 9.02. The molecule has 0 aromatic carbocycles. The fourth-order valence-corrected chi connectivity index (χ4v) is 3.39. The van der Waals surface area contributed by atoms with Crippen molar-refractivity contribution in [1.82, 2.24) is 10.1 Å². The quantitative estimate of drug-likeness (QED) is 0.715. The summed E-state index contributed by atoms with van der Waals surface area (Å²) in [5, 5.41) is 7.69. The average molecular weight is 299 g/mol. The van der Waals surface area contributed by atoms with Crippen LogP contribution in [-0.2, 0) is 6.54 Å². The van der Waals surface area contributed by atoms with Crippen LogP contribution >= 0.6 is 23.1 Å². The normalized spacial score (nSPS) is 10.6. The number of carbonyl (C=O) groups is 1. The first-order valence-corrected chi connectivity index (χ1v) is 7.36. The number of nitrogen functional groups attached to an aromatic ring is 1. The van der Waals surface area contributed by atoms with Gasteiger partial charge in [-0.15, -0.1) is 23.1 Å². The molecule has 0 atom stereocenters. The van der Waals surface area contributed by atoms with Crippen LogP contribution in [0.3, 0.4) is 0 Å². The Balaban J connectivity index is 2.20. The molecule has 0 spiro atoms. The third-order valence-electron chi connectivity index (χ3n) is 2.30. The summed E-state index contributed by atoms with van der Waals surface area (Å²) in [5.41, 5.74) is 11.6. The molecule has 2 heterocycles. The van der Waals surface area contributed by atoms with E-state index in [0.29, 0.717) is 28.8 Å². The van der Waals surface area contributed by atoms with Crippen molar-refractivity contribution in [3.8, 4) is 0 Å². The monoisotopic (exact) mass is 299 g/mol. The van der Waals surface area contributed by atoms with Gasteiger partial charge in [0.15, 0.2) is 5.82 Å². The minimum Gasteiger partial charge on any atom is -0.396 e. The van der Waals surface area contributed by atoms with E-state index in [4.69, 9.17) is 16.0 Å². The number of rotatable bonds is 5. The van der Waals surface area contributed by atoms with Crippen LogP contribution in [0.4, 0.5) is 10.7 Å². The number of nitrogens with two attached hydrogens (primary N) is 2. The Morgan fingerprint density at radius 1 is 1.58 bits per heavy atom. The number of hydrogen-bond donors (Lipinski definition) is 3. The van der Waals surface area contributed by atoms with E-state index >= 15 is 0 Å². The van der Waals surface area contributed by atoms with E-state index in [1.54, 1.807) is 6.92 Å². The van der Waals surface area contributed by atoms with Gasteiger partial charge in [0, 0.05) is 6.92 Å². The van der Waals surface area contributed by atoms with Gasteiger partial charge in [-0.2, -0.15) is 4.98 Å². The van der Waals surface area contributed by atoms with Gasteiger partial charge in [0.2, 0.25) is 5.89 Å². The van der Waals surface area contributed by atoms with Gasteiger partial charge < -0.3 is 21.3 Å². The van der Waals surface area contributed by atoms with E-state index < -0.39 is 5.91 Å². The first kappa shape index (κ1) is 13.7. The Labute approximate surface area is 117 Å². The van der Waals surface area contributed by atoms with Gasteiger partial charge in [-0.1, -0.05) is 5.16 Å². The number of thiophene rings is 1. The largest absolute Gasteiger partial charge is 0.396 e. The number of hydrogen-bond acceptors (Lipinski definition) is 8. The maximum Gasteiger partial charge on any atom is 0.261 e. The summed E-state index contributed by atoms with van der Waals surface area (Å²) in [4.78, 5) is 16.5. The summed E-state index contributed by atoms with van der Waals surface area (Å²) in [6.07, 6.45) is 1.88. The molecule has 1 amide bonds. The zero-order valence-corrected chi connectivity index (χ0v) is 12.0. The predicted molar refractivity (Wildman–Crippen MR) is 75.4 cm³/mol. The van der Waals surface area contributed by atoms with E-state index in [0.717, 1.165) is 9.90 Å². The molecule has 5 N–H and O–H groups in total. The molecule has 0 saturated heterocycles. The smallest absolute Gasteiger partial charge is 0.261 e. The summed E-state index contributed by atoms with van der Waals surface area (Å²) in [6, 6.07) is 0. The van der Waals surface area contributed by atoms with Crippen molar-refractivity contribution in [3.63, 3.8) is 0 Å². The number of aryl methyl sites for hydroxylation is 1. The number of thioether (sulfide) groups is 1. The molecule has 0 aliphatic carbocycles. The van der Waals surface area contributed by atoms with E-state index in [-0.39, 0.29) is 0 Å². The maximum atomic E-state index is 11.3. The summed E-state index contributed by atoms with van der Waals surface area (Å²) in [5.74, 6) is 0.517. The van der Waals surface area contributed by atoms with Crippen LogP contribution in [-0.4, -0.2) is 22.3 Å². The second-order valence-electron chi connectivity index (χ2n) is 3.65. The number of primary amides is 1. The van der Waals surface area contributed by atoms with Crippen molar-refractivity contribution in [3.05, 3.63) is 16.6 Å². The third-order valence-corrected chi connectivity index (χ3v) is 4.44. The Morgan fingerprint density at radius 3 is 2.84 bits per heavy atom. The lowest BCUT2D eigenvalue weighted by Crippen LogP contribution is -2.10. The van der Waals surface area contributed by atoms with Crippen LogP contribution in [0.15, 0.2) is 9.42 Å². The highest BCUT2D eigenvalue weighted by Crippen LogP contribution is 2.41. The minimum absolute atomic E-state index is 0.358. The lowest BCUT2D eigenvalue weighted by molar-refractivity contribution is 0.100. The molecule has 0 radical (unpaired) electrons. The lowest BCUT2D eigenvalue weighted by Gasteiger charge is -2.03. The van der Waals surface area contributed by atoms with Gasteiger partial charge in [0.25, 0.3) is 5.91 Å². The van der Waals surface area contributed by atoms with Crippen LogP contribution in [0, 0.1) is 6.92 Å². The van der Waals surface area contributed by atoms with E-state index in [1.807, 2.05) is 6.26 Å². The summed E-state index contributed by atoms with van der Waals surface area (Å²) in [7, 11) is 0. The van der Waals surface area contributed by atoms with Crippen LogP contribution in [0.2, 0.25) is 0 Å². The standard InChI is InChI=1S/C10H13N5O2S2/c1-4-14-5(15-17-4)3-13-10-8(18-2)6(11)7(19-10)9(12)16/h13H,3,11H2,1-2H3,(H2,12,16). The molecule has 0 aliphatic rings. The van der Waals surface area contributed by atoms with Crippen LogP contribution in [0.1, 0.15) is 21.4 Å². The van der Waals surface area contributed by atoms with Crippen LogP contribution in [0.25, 0.3) is 0 Å². The zero-order chi connectivity index (χ0) is 14.0. The molecule has 0 bridgehead atoms. The Morgan fingerprint density at radius 2 is 2.32 bits per heavy atom. The highest BCUT2D eigenvalue weighted by Gasteiger charge is 2.19. The number of nitrogens with one attached hydrogen (secondary N) is 1. The molecule has 2 aromatic heterocycles. The SMILES string of the molecule is CSc1c(NCc2noc(C)n2)sc(C(N)=O)c1N. The highest BCUT2D eigenvalue weighted by atomic mass is 32.2. The van der Waals surface area contributed by atoms with Gasteiger partial charge >= 0.3 is 0 Å². The van der Waals surface area contributed by atoms with Crippen LogP contribution in [0.5, 0.6) is 0 Å². The summed E-state index contributed by atoms with van der Waals surface area (Å²) in [6.45, 7) is 2.11. The first-order valence-electron chi connectivity index (χ1n) is 5.32. The van der Waals surface area contributed by atoms with Crippen molar-refractivity contribution >= 4 is 39.7 Å². The lowest BCUT2D eigenvalue weighted by atomic mass is 10.4. The number of anilines is 2. The number of nitrogens with zero attached hydrogens (tertiary/aromatic N) is 2. The second-order valence-corrected chi connectivity index (χ2v) is 5.49. The van der Waals surface area contributed by atoms with Crippen molar-refractivity contribution in [2.75, 3.05) is 17.3 Å². The van der Waals surface area contributed by atoms with Crippen LogP contribution < -0.4 is 16.8 Å². The van der Waals surface area contributed by atoms with Crippen molar-refractivity contribution in [2.45, 2.75) is 18.4 Å². The van der Waals surface area contributed by atoms with E-state index in [9.17, 15) is 4.79 Å². The van der Waals surface area contributed by atoms with Crippen molar-refractivity contribution < 1.29 is 9.32 Å². The molecule has 2 rings (SSSR count). The van der Waals surface area contributed by atoms with Crippen molar-refractivity contribution in [2.24, 2.45) is 5.73 Å². The van der Waals surface area contributed by atoms with Gasteiger partial charge in [0.1, 0.15) is 9.88 Å². The molecule has 9 heteroatoms. The average Bonchev–Trinajstić information content (AvgIpc) is 2.90. The number of carbonyl (C=O) groups excluding carboxylic acids is 1. The molecular formula is C10H13N5O2S2.